The Morgan fingerprint density at radius 2 is 1.38 bits per heavy atom. The van der Waals surface area contributed by atoms with Gasteiger partial charge in [-0.15, -0.1) is 0 Å². The van der Waals surface area contributed by atoms with Crippen LogP contribution in [0.25, 0.3) is 22.3 Å². The van der Waals surface area contributed by atoms with Crippen LogP contribution in [-0.2, 0) is 20.9 Å². The number of amides is 3. The highest BCUT2D eigenvalue weighted by atomic mass is 32.1. The summed E-state index contributed by atoms with van der Waals surface area (Å²) in [6.07, 6.45) is 0.235. The summed E-state index contributed by atoms with van der Waals surface area (Å²) in [5.74, 6) is -2.11. The van der Waals surface area contributed by atoms with E-state index in [2.05, 4.69) is 86.0 Å². The van der Waals surface area contributed by atoms with Gasteiger partial charge in [0, 0.05) is 28.2 Å². The van der Waals surface area contributed by atoms with Crippen LogP contribution in [0.4, 0.5) is 27.5 Å². The van der Waals surface area contributed by atoms with Gasteiger partial charge < -0.3 is 9.64 Å². The van der Waals surface area contributed by atoms with Crippen LogP contribution in [0.3, 0.4) is 0 Å². The zero-order valence-electron chi connectivity index (χ0n) is 28.3. The molecule has 0 saturated carbocycles. The van der Waals surface area contributed by atoms with Crippen LogP contribution < -0.4 is 4.90 Å². The summed E-state index contributed by atoms with van der Waals surface area (Å²) in [6.45, 7) is 5.36. The van der Waals surface area contributed by atoms with Crippen LogP contribution in [-0.4, -0.2) is 42.3 Å². The Hall–Kier alpha value is -6.84. The molecule has 0 N–H and O–H groups in total. The number of ether oxygens (including phenoxy) is 1. The number of hydrogen-bond acceptors (Lipinski definition) is 11. The summed E-state index contributed by atoms with van der Waals surface area (Å²) >= 11 is 0.954. The summed E-state index contributed by atoms with van der Waals surface area (Å²) in [7, 11) is 0. The van der Waals surface area contributed by atoms with E-state index in [1.54, 1.807) is 36.4 Å². The number of aromatic nitrogens is 3. The number of nitrogens with zero attached hydrogens (tertiary/aromatic N) is 7. The van der Waals surface area contributed by atoms with Gasteiger partial charge in [0.15, 0.2) is 0 Å². The van der Waals surface area contributed by atoms with E-state index in [9.17, 15) is 19.6 Å². The van der Waals surface area contributed by atoms with E-state index in [1.165, 1.54) is 24.2 Å². The van der Waals surface area contributed by atoms with Crippen LogP contribution in [0.15, 0.2) is 125 Å². The highest BCUT2D eigenvalue weighted by Crippen LogP contribution is 2.37. The van der Waals surface area contributed by atoms with Gasteiger partial charge >= 0.3 is 6.09 Å². The lowest BCUT2D eigenvalue weighted by atomic mass is 9.99. The number of benzene rings is 4. The number of carbonyl (C=O) groups excluding carboxylic acids is 3. The topological polar surface area (TPSA) is 142 Å². The predicted octanol–water partition coefficient (Wildman–Crippen LogP) is 8.46. The van der Waals surface area contributed by atoms with Crippen molar-refractivity contribution in [3.05, 3.63) is 137 Å². The van der Waals surface area contributed by atoms with Crippen LogP contribution in [0, 0.1) is 25.2 Å². The average molecular weight is 704 g/mol. The number of hydrogen-bond donors (Lipinski definition) is 0. The van der Waals surface area contributed by atoms with Crippen LogP contribution >= 0.6 is 11.7 Å². The fraction of sp³-hybridized carbons (Fsp3) is 0.100. The molecule has 52 heavy (non-hydrogen) atoms. The van der Waals surface area contributed by atoms with Gasteiger partial charge in [0.05, 0.1) is 23.6 Å². The molecule has 6 aromatic rings. The first-order valence-corrected chi connectivity index (χ1v) is 16.9. The first kappa shape index (κ1) is 33.6. The van der Waals surface area contributed by atoms with E-state index in [-0.39, 0.29) is 23.6 Å². The Labute approximate surface area is 303 Å². The molecule has 254 valence electrons. The Morgan fingerprint density at radius 1 is 0.808 bits per heavy atom. The molecular formula is C40H29N7O4S. The SMILES string of the molecule is CC1=C(C#N)C(=O)N(C(=O)OCc2ccccc2)C(=O)C1=Nc1cnc(-c2ccc(N(c3ccc(C)cc3)c3ccc(C)cc3)cc2)c2nsnc12. The molecule has 3 heterocycles. The van der Waals surface area contributed by atoms with E-state index in [0.717, 1.165) is 34.4 Å². The molecule has 1 aliphatic heterocycles. The monoisotopic (exact) mass is 703 g/mol. The molecule has 7 rings (SSSR count). The molecule has 0 spiro atoms. The molecule has 4 aromatic carbocycles. The maximum Gasteiger partial charge on any atom is 0.424 e. The number of pyridine rings is 1. The van der Waals surface area contributed by atoms with Crippen molar-refractivity contribution in [1.82, 2.24) is 18.6 Å². The third-order valence-electron chi connectivity index (χ3n) is 8.54. The lowest BCUT2D eigenvalue weighted by Gasteiger charge is -2.26. The fourth-order valence-electron chi connectivity index (χ4n) is 5.74. The van der Waals surface area contributed by atoms with E-state index in [4.69, 9.17) is 4.74 Å². The highest BCUT2D eigenvalue weighted by Gasteiger charge is 2.42. The molecule has 0 radical (unpaired) electrons. The molecule has 0 bridgehead atoms. The highest BCUT2D eigenvalue weighted by molar-refractivity contribution is 7.00. The fourth-order valence-corrected chi connectivity index (χ4v) is 6.30. The molecule has 0 unspecified atom stereocenters. The smallest absolute Gasteiger partial charge is 0.424 e. The van der Waals surface area contributed by atoms with E-state index < -0.39 is 23.5 Å². The van der Waals surface area contributed by atoms with Crippen LogP contribution in [0.5, 0.6) is 0 Å². The van der Waals surface area contributed by atoms with Gasteiger partial charge in [0.2, 0.25) is 0 Å². The molecule has 11 nitrogen and oxygen atoms in total. The van der Waals surface area contributed by atoms with Gasteiger partial charge in [-0.3, -0.25) is 14.6 Å². The number of nitriles is 1. The average Bonchev–Trinajstić information content (AvgIpc) is 3.66. The molecular weight excluding hydrogens is 675 g/mol. The number of anilines is 3. The van der Waals surface area contributed by atoms with Crippen LogP contribution in [0.2, 0.25) is 0 Å². The van der Waals surface area contributed by atoms with Crippen molar-refractivity contribution in [3.63, 3.8) is 0 Å². The quantitative estimate of drug-likeness (QED) is 0.150. The van der Waals surface area contributed by atoms with Crippen molar-refractivity contribution >= 4 is 69.1 Å². The molecule has 0 atom stereocenters. The largest absolute Gasteiger partial charge is 0.444 e. The van der Waals surface area contributed by atoms with Gasteiger partial charge in [-0.1, -0.05) is 77.9 Å². The van der Waals surface area contributed by atoms with Crippen molar-refractivity contribution < 1.29 is 19.1 Å². The number of aliphatic imine (C=N–C) groups is 1. The summed E-state index contributed by atoms with van der Waals surface area (Å²) in [4.78, 5) is 51.4. The van der Waals surface area contributed by atoms with E-state index >= 15 is 0 Å². The zero-order chi connectivity index (χ0) is 36.4. The Balaban J connectivity index is 1.21. The number of imide groups is 3. The zero-order valence-corrected chi connectivity index (χ0v) is 29.1. The minimum atomic E-state index is -1.22. The molecule has 1 aliphatic rings. The van der Waals surface area contributed by atoms with Crippen molar-refractivity contribution in [2.45, 2.75) is 27.4 Å². The molecule has 0 aliphatic carbocycles. The van der Waals surface area contributed by atoms with Crippen molar-refractivity contribution in [2.75, 3.05) is 4.90 Å². The maximum atomic E-state index is 13.6. The lowest BCUT2D eigenvalue weighted by Crippen LogP contribution is -2.50. The third-order valence-corrected chi connectivity index (χ3v) is 9.07. The molecule has 2 aromatic heterocycles. The van der Waals surface area contributed by atoms with E-state index in [0.29, 0.717) is 27.2 Å². The Morgan fingerprint density at radius 3 is 1.98 bits per heavy atom. The van der Waals surface area contributed by atoms with Gasteiger partial charge in [-0.05, 0) is 62.7 Å². The normalized spacial score (nSPS) is 13.8. The van der Waals surface area contributed by atoms with Gasteiger partial charge in [0.25, 0.3) is 11.8 Å². The second kappa shape index (κ2) is 14.2. The third kappa shape index (κ3) is 6.44. The Kier molecular flexibility index (Phi) is 9.18. The van der Waals surface area contributed by atoms with Crippen molar-refractivity contribution in [3.8, 4) is 17.3 Å². The minimum Gasteiger partial charge on any atom is -0.444 e. The summed E-state index contributed by atoms with van der Waals surface area (Å²) in [5, 5.41) is 9.81. The number of carbonyl (C=O) groups is 3. The van der Waals surface area contributed by atoms with Crippen LogP contribution in [0.1, 0.15) is 23.6 Å². The standard InChI is InChI=1S/C40H29N7O4S/c1-24-9-15-29(16-10-24)46(30-17-11-25(2)12-18-30)31-19-13-28(14-20-31)35-37-36(44-52-45-37)33(22-42-35)43-34-26(3)32(21-41)38(48)47(39(34)49)40(50)51-23-27-7-5-4-6-8-27/h4-20,22H,23H2,1-3H3. The molecule has 12 heteroatoms. The molecule has 0 fully saturated rings. The van der Waals surface area contributed by atoms with Crippen molar-refractivity contribution in [2.24, 2.45) is 4.99 Å². The number of rotatable bonds is 7. The summed E-state index contributed by atoms with van der Waals surface area (Å²) in [6, 6.07) is 35.2. The minimum absolute atomic E-state index is 0.0207. The second-order valence-corrected chi connectivity index (χ2v) is 12.6. The van der Waals surface area contributed by atoms with Gasteiger partial charge in [-0.25, -0.2) is 9.79 Å². The Bertz CT molecular complexity index is 2400. The van der Waals surface area contributed by atoms with E-state index in [1.807, 2.05) is 24.3 Å². The molecule has 0 saturated heterocycles. The second-order valence-electron chi connectivity index (χ2n) is 12.1. The van der Waals surface area contributed by atoms with Gasteiger partial charge in [0.1, 0.15) is 40.7 Å². The number of aryl methyl sites for hydroxylation is 2. The molecule has 3 amide bonds. The van der Waals surface area contributed by atoms with Crippen molar-refractivity contribution in [1.29, 1.82) is 5.26 Å². The first-order chi connectivity index (χ1) is 25.2. The predicted molar refractivity (Wildman–Crippen MR) is 199 cm³/mol. The summed E-state index contributed by atoms with van der Waals surface area (Å²) < 4.78 is 14.2. The lowest BCUT2D eigenvalue weighted by molar-refractivity contribution is -0.136. The number of fused-ring (bicyclic) bond motifs is 1. The maximum absolute atomic E-state index is 13.6. The van der Waals surface area contributed by atoms with Gasteiger partial charge in [-0.2, -0.15) is 18.9 Å². The summed E-state index contributed by atoms with van der Waals surface area (Å²) in [5.41, 5.74) is 7.63. The first-order valence-electron chi connectivity index (χ1n) is 16.2.